The summed E-state index contributed by atoms with van der Waals surface area (Å²) in [5.41, 5.74) is 0.291. The number of carbonyl (C=O) groups is 1. The molecule has 1 saturated heterocycles. The van der Waals surface area contributed by atoms with Crippen molar-refractivity contribution in [2.75, 3.05) is 48.8 Å². The second kappa shape index (κ2) is 9.94. The highest BCUT2D eigenvalue weighted by Crippen LogP contribution is 2.39. The molecule has 3 N–H and O–H groups in total. The minimum Gasteiger partial charge on any atom is -0.354 e. The van der Waals surface area contributed by atoms with Gasteiger partial charge in [-0.2, -0.15) is 13.8 Å². The van der Waals surface area contributed by atoms with E-state index in [0.717, 1.165) is 38.1 Å². The van der Waals surface area contributed by atoms with E-state index in [1.165, 1.54) is 36.5 Å². The molecular weight excluding hydrogens is 478 g/mol. The lowest BCUT2D eigenvalue weighted by molar-refractivity contribution is -0.111. The molecule has 190 valence electrons. The fraction of sp³-hybridized carbons (Fsp3) is 0.231. The summed E-state index contributed by atoms with van der Waals surface area (Å²) in [5, 5.41) is 5.70. The number of benzene rings is 1. The summed E-state index contributed by atoms with van der Waals surface area (Å²) in [6, 6.07) is 10.7. The topological polar surface area (TPSA) is 102 Å². The van der Waals surface area contributed by atoms with Crippen LogP contribution in [-0.4, -0.2) is 64.0 Å². The number of pyridine rings is 1. The zero-order valence-electron chi connectivity index (χ0n) is 20.2. The maximum atomic E-state index is 15.8. The molecule has 4 aromatic rings. The second-order valence-electron chi connectivity index (χ2n) is 8.80. The summed E-state index contributed by atoms with van der Waals surface area (Å²) in [6.45, 7) is 7.09. The number of aromatic amines is 1. The fourth-order valence-corrected chi connectivity index (χ4v) is 4.17. The fourth-order valence-electron chi connectivity index (χ4n) is 4.17. The molecule has 11 heteroatoms. The van der Waals surface area contributed by atoms with Crippen molar-refractivity contribution in [3.8, 4) is 0 Å². The number of hydrogen-bond acceptors (Lipinski definition) is 7. The van der Waals surface area contributed by atoms with Crippen molar-refractivity contribution in [2.45, 2.75) is 5.92 Å². The Bertz CT molecular complexity index is 1430. The summed E-state index contributed by atoms with van der Waals surface area (Å²) < 4.78 is 31.6. The minimum absolute atomic E-state index is 0.00915. The molecule has 0 atom stereocenters. The lowest BCUT2D eigenvalue weighted by Crippen LogP contribution is -2.44. The van der Waals surface area contributed by atoms with Gasteiger partial charge in [-0.1, -0.05) is 18.7 Å². The van der Waals surface area contributed by atoms with Crippen molar-refractivity contribution < 1.29 is 13.6 Å². The van der Waals surface area contributed by atoms with E-state index < -0.39 is 17.5 Å². The number of fused-ring (bicyclic) bond motifs is 1. The van der Waals surface area contributed by atoms with Crippen LogP contribution in [0.25, 0.3) is 11.0 Å². The van der Waals surface area contributed by atoms with Crippen LogP contribution in [0, 0.1) is 0 Å². The van der Waals surface area contributed by atoms with Gasteiger partial charge in [0, 0.05) is 49.0 Å². The Hall–Kier alpha value is -4.38. The average molecular weight is 505 g/mol. The van der Waals surface area contributed by atoms with E-state index in [2.05, 4.69) is 54.0 Å². The van der Waals surface area contributed by atoms with E-state index in [9.17, 15) is 4.79 Å². The Morgan fingerprint density at radius 1 is 1.11 bits per heavy atom. The Labute approximate surface area is 212 Å². The van der Waals surface area contributed by atoms with Gasteiger partial charge >= 0.3 is 5.92 Å². The number of likely N-dealkylation sites (N-methyl/N-ethyl adjacent to an activating group) is 1. The number of hydrogen-bond donors (Lipinski definition) is 3. The number of piperazine rings is 1. The molecular formula is C26H26F2N8O. The third kappa shape index (κ3) is 5.12. The Morgan fingerprint density at radius 2 is 1.92 bits per heavy atom. The van der Waals surface area contributed by atoms with Crippen LogP contribution in [0.2, 0.25) is 0 Å². The smallest absolute Gasteiger partial charge is 0.315 e. The normalized spacial score (nSPS) is 14.5. The molecule has 1 aliphatic rings. The quantitative estimate of drug-likeness (QED) is 0.326. The molecule has 37 heavy (non-hydrogen) atoms. The molecule has 9 nitrogen and oxygen atoms in total. The third-order valence-corrected chi connectivity index (χ3v) is 6.22. The molecule has 0 unspecified atom stereocenters. The Morgan fingerprint density at radius 3 is 2.65 bits per heavy atom. The molecule has 1 fully saturated rings. The number of anilines is 4. The number of nitrogens with one attached hydrogen (secondary N) is 3. The highest BCUT2D eigenvalue weighted by molar-refractivity contribution is 5.98. The number of aromatic nitrogens is 4. The van der Waals surface area contributed by atoms with Gasteiger partial charge in [0.1, 0.15) is 17.2 Å². The molecule has 1 aliphatic heterocycles. The highest BCUT2D eigenvalue weighted by Gasteiger charge is 2.38. The first-order valence-electron chi connectivity index (χ1n) is 11.8. The van der Waals surface area contributed by atoms with Gasteiger partial charge < -0.3 is 25.4 Å². The zero-order valence-corrected chi connectivity index (χ0v) is 20.2. The maximum Gasteiger partial charge on any atom is 0.315 e. The van der Waals surface area contributed by atoms with Crippen molar-refractivity contribution in [3.63, 3.8) is 0 Å². The van der Waals surface area contributed by atoms with Crippen LogP contribution >= 0.6 is 0 Å². The standard InChI is InChI=1S/C26H26F2N8O/c1-3-22(37)31-18-6-4-5-17(15-18)26(27,28)23-20-9-10-29-24(20)34-25(33-23)32-19-7-8-21(30-16-19)36-13-11-35(2)12-14-36/h3-10,15-16H,1,11-14H2,2H3,(H,31,37)(H2,29,32,33,34). The zero-order chi connectivity index (χ0) is 26.0. The number of alkyl halides is 2. The van der Waals surface area contributed by atoms with Crippen LogP contribution in [-0.2, 0) is 10.7 Å². The van der Waals surface area contributed by atoms with E-state index in [1.54, 1.807) is 6.20 Å². The molecule has 1 aromatic carbocycles. The number of amides is 1. The van der Waals surface area contributed by atoms with Gasteiger partial charge in [0.25, 0.3) is 0 Å². The monoisotopic (exact) mass is 504 g/mol. The van der Waals surface area contributed by atoms with E-state index in [-0.39, 0.29) is 28.2 Å². The lowest BCUT2D eigenvalue weighted by Gasteiger charge is -2.33. The van der Waals surface area contributed by atoms with Crippen molar-refractivity contribution in [2.24, 2.45) is 0 Å². The van der Waals surface area contributed by atoms with Crippen molar-refractivity contribution in [1.82, 2.24) is 24.8 Å². The molecule has 3 aromatic heterocycles. The summed E-state index contributed by atoms with van der Waals surface area (Å²) in [4.78, 5) is 32.1. The molecule has 4 heterocycles. The first-order chi connectivity index (χ1) is 17.8. The van der Waals surface area contributed by atoms with Crippen LogP contribution in [0.4, 0.5) is 31.9 Å². The highest BCUT2D eigenvalue weighted by atomic mass is 19.3. The largest absolute Gasteiger partial charge is 0.354 e. The predicted octanol–water partition coefficient (Wildman–Crippen LogP) is 4.11. The first kappa shape index (κ1) is 24.3. The van der Waals surface area contributed by atoms with Crippen LogP contribution < -0.4 is 15.5 Å². The van der Waals surface area contributed by atoms with Gasteiger partial charge in [-0.15, -0.1) is 0 Å². The molecule has 0 aliphatic carbocycles. The van der Waals surface area contributed by atoms with E-state index in [4.69, 9.17) is 0 Å². The summed E-state index contributed by atoms with van der Waals surface area (Å²) in [7, 11) is 2.09. The SMILES string of the molecule is C=CC(=O)Nc1cccc(C(F)(F)c2nc(Nc3ccc(N4CCN(C)CC4)nc3)nc3[nH]ccc23)c1. The Balaban J connectivity index is 1.43. The molecule has 5 rings (SSSR count). The van der Waals surface area contributed by atoms with Crippen LogP contribution in [0.1, 0.15) is 11.3 Å². The van der Waals surface area contributed by atoms with Crippen LogP contribution in [0.5, 0.6) is 0 Å². The number of nitrogens with zero attached hydrogens (tertiary/aromatic N) is 5. The second-order valence-corrected chi connectivity index (χ2v) is 8.80. The molecule has 1 amide bonds. The van der Waals surface area contributed by atoms with Gasteiger partial charge in [-0.3, -0.25) is 4.79 Å². The number of carbonyl (C=O) groups excluding carboxylic acids is 1. The summed E-state index contributed by atoms with van der Waals surface area (Å²) >= 11 is 0. The van der Waals surface area contributed by atoms with Gasteiger partial charge in [-0.25, -0.2) is 9.97 Å². The first-order valence-corrected chi connectivity index (χ1v) is 11.8. The van der Waals surface area contributed by atoms with Crippen LogP contribution in [0.3, 0.4) is 0 Å². The van der Waals surface area contributed by atoms with Gasteiger partial charge in [-0.05, 0) is 43.5 Å². The number of halogens is 2. The summed E-state index contributed by atoms with van der Waals surface area (Å²) in [5.74, 6) is -3.10. The molecule has 0 radical (unpaired) electrons. The van der Waals surface area contributed by atoms with Gasteiger partial charge in [0.15, 0.2) is 0 Å². The van der Waals surface area contributed by atoms with Crippen molar-refractivity contribution in [3.05, 3.63) is 78.8 Å². The lowest BCUT2D eigenvalue weighted by atomic mass is 10.0. The average Bonchev–Trinajstić information content (AvgIpc) is 3.38. The third-order valence-electron chi connectivity index (χ3n) is 6.22. The van der Waals surface area contributed by atoms with E-state index >= 15 is 8.78 Å². The summed E-state index contributed by atoms with van der Waals surface area (Å²) in [6.07, 6.45) is 4.25. The maximum absolute atomic E-state index is 15.8. The van der Waals surface area contributed by atoms with Crippen LogP contribution in [0.15, 0.2) is 67.5 Å². The van der Waals surface area contributed by atoms with Crippen molar-refractivity contribution >= 4 is 40.1 Å². The molecule has 0 bridgehead atoms. The molecule has 0 spiro atoms. The van der Waals surface area contributed by atoms with Gasteiger partial charge in [0.05, 0.1) is 11.9 Å². The number of rotatable bonds is 7. The van der Waals surface area contributed by atoms with E-state index in [0.29, 0.717) is 5.69 Å². The van der Waals surface area contributed by atoms with E-state index in [1.807, 2.05) is 12.1 Å². The van der Waals surface area contributed by atoms with Crippen molar-refractivity contribution in [1.29, 1.82) is 0 Å². The Kier molecular flexibility index (Phi) is 6.53. The number of H-pyrrole nitrogens is 1. The molecule has 0 saturated carbocycles. The predicted molar refractivity (Wildman–Crippen MR) is 139 cm³/mol. The minimum atomic E-state index is -3.47. The van der Waals surface area contributed by atoms with Gasteiger partial charge in [0.2, 0.25) is 11.9 Å².